The molecule has 0 spiro atoms. The molecular weight excluding hydrogens is 266 g/mol. The van der Waals surface area contributed by atoms with Crippen molar-refractivity contribution >= 4 is 28.8 Å². The van der Waals surface area contributed by atoms with Crippen molar-refractivity contribution in [1.82, 2.24) is 0 Å². The Morgan fingerprint density at radius 3 is 2.89 bits per heavy atom. The van der Waals surface area contributed by atoms with Crippen molar-refractivity contribution in [2.75, 3.05) is 0 Å². The maximum atomic E-state index is 6.05. The molecule has 18 heavy (non-hydrogen) atoms. The van der Waals surface area contributed by atoms with E-state index < -0.39 is 0 Å². The lowest BCUT2D eigenvalue weighted by Gasteiger charge is -2.28. The molecule has 2 unspecified atom stereocenters. The van der Waals surface area contributed by atoms with Crippen molar-refractivity contribution < 1.29 is 4.74 Å². The number of hydrogen-bond donors (Lipinski definition) is 1. The van der Waals surface area contributed by atoms with Crippen LogP contribution in [0.2, 0.25) is 5.02 Å². The minimum atomic E-state index is 0.250. The Labute approximate surface area is 118 Å². The molecule has 4 heteroatoms. The molecule has 1 aromatic rings. The lowest BCUT2D eigenvalue weighted by atomic mass is 9.88. The van der Waals surface area contributed by atoms with Gasteiger partial charge in [-0.3, -0.25) is 0 Å². The second kappa shape index (κ2) is 5.89. The highest BCUT2D eigenvalue weighted by atomic mass is 35.5. The number of ether oxygens (including phenoxy) is 1. The van der Waals surface area contributed by atoms with E-state index in [1.165, 1.54) is 12.8 Å². The number of benzene rings is 1. The second-order valence-corrected chi connectivity index (χ2v) is 5.89. The summed E-state index contributed by atoms with van der Waals surface area (Å²) in [5.41, 5.74) is 6.48. The molecular formula is C14H18ClNOS. The van der Waals surface area contributed by atoms with Gasteiger partial charge in [0.05, 0.1) is 11.7 Å². The molecule has 0 aliphatic heterocycles. The fourth-order valence-electron chi connectivity index (χ4n) is 2.46. The zero-order chi connectivity index (χ0) is 13.1. The summed E-state index contributed by atoms with van der Waals surface area (Å²) >= 11 is 11.0. The van der Waals surface area contributed by atoms with Crippen molar-refractivity contribution in [1.29, 1.82) is 0 Å². The van der Waals surface area contributed by atoms with Gasteiger partial charge in [-0.15, -0.1) is 0 Å². The van der Waals surface area contributed by atoms with E-state index >= 15 is 0 Å². The Kier molecular flexibility index (Phi) is 4.46. The molecule has 2 rings (SSSR count). The minimum absolute atomic E-state index is 0.250. The van der Waals surface area contributed by atoms with Gasteiger partial charge in [0.25, 0.3) is 0 Å². The summed E-state index contributed by atoms with van der Waals surface area (Å²) in [7, 11) is 0. The molecule has 1 aliphatic carbocycles. The van der Waals surface area contributed by atoms with Crippen LogP contribution in [0, 0.1) is 5.92 Å². The van der Waals surface area contributed by atoms with E-state index in [0.29, 0.717) is 15.8 Å². The third-order valence-electron chi connectivity index (χ3n) is 3.39. The first-order valence-electron chi connectivity index (χ1n) is 6.32. The molecule has 0 bridgehead atoms. The predicted molar refractivity (Wildman–Crippen MR) is 79.4 cm³/mol. The van der Waals surface area contributed by atoms with Crippen LogP contribution in [0.3, 0.4) is 0 Å². The van der Waals surface area contributed by atoms with Gasteiger partial charge in [0.2, 0.25) is 0 Å². The summed E-state index contributed by atoms with van der Waals surface area (Å²) in [6, 6.07) is 5.41. The largest absolute Gasteiger partial charge is 0.490 e. The van der Waals surface area contributed by atoms with E-state index in [9.17, 15) is 0 Å². The number of hydrogen-bond acceptors (Lipinski definition) is 2. The summed E-state index contributed by atoms with van der Waals surface area (Å²) in [5.74, 6) is 1.44. The number of nitrogens with two attached hydrogens (primary N) is 1. The van der Waals surface area contributed by atoms with Crippen LogP contribution >= 0.6 is 23.8 Å². The summed E-state index contributed by atoms with van der Waals surface area (Å²) in [6.45, 7) is 2.27. The van der Waals surface area contributed by atoms with E-state index in [0.717, 1.165) is 24.3 Å². The van der Waals surface area contributed by atoms with Gasteiger partial charge in [-0.25, -0.2) is 0 Å². The van der Waals surface area contributed by atoms with Gasteiger partial charge in [-0.05, 0) is 43.4 Å². The zero-order valence-corrected chi connectivity index (χ0v) is 12.1. The van der Waals surface area contributed by atoms with Crippen LogP contribution in [0.15, 0.2) is 18.2 Å². The minimum Gasteiger partial charge on any atom is -0.490 e. The van der Waals surface area contributed by atoms with Gasteiger partial charge in [0, 0.05) is 5.02 Å². The van der Waals surface area contributed by atoms with E-state index in [4.69, 9.17) is 34.3 Å². The number of rotatable bonds is 3. The summed E-state index contributed by atoms with van der Waals surface area (Å²) in [5, 5.41) is 0.647. The Balaban J connectivity index is 2.16. The molecule has 0 amide bonds. The Morgan fingerprint density at radius 1 is 1.44 bits per heavy atom. The van der Waals surface area contributed by atoms with Crippen LogP contribution < -0.4 is 10.5 Å². The molecule has 1 aromatic carbocycles. The third kappa shape index (κ3) is 3.36. The molecule has 98 valence electrons. The van der Waals surface area contributed by atoms with Crippen LogP contribution in [-0.2, 0) is 0 Å². The average Bonchev–Trinajstić information content (AvgIpc) is 2.28. The highest BCUT2D eigenvalue weighted by Gasteiger charge is 2.21. The number of thiocarbonyl (C=S) groups is 1. The van der Waals surface area contributed by atoms with Gasteiger partial charge in [0.15, 0.2) is 0 Å². The van der Waals surface area contributed by atoms with Crippen LogP contribution in [0.25, 0.3) is 0 Å². The van der Waals surface area contributed by atoms with Crippen molar-refractivity contribution in [2.45, 2.75) is 38.7 Å². The summed E-state index contributed by atoms with van der Waals surface area (Å²) in [6.07, 6.45) is 4.93. The van der Waals surface area contributed by atoms with E-state index in [2.05, 4.69) is 6.92 Å². The van der Waals surface area contributed by atoms with Crippen LogP contribution in [0.5, 0.6) is 5.75 Å². The normalized spacial score (nSPS) is 23.7. The SMILES string of the molecule is CC1CCCC(Oc2cc(Cl)ccc2C(N)=S)C1. The smallest absolute Gasteiger partial charge is 0.131 e. The fraction of sp³-hybridized carbons (Fsp3) is 0.500. The van der Waals surface area contributed by atoms with Gasteiger partial charge in [0.1, 0.15) is 10.7 Å². The van der Waals surface area contributed by atoms with Crippen molar-refractivity contribution in [3.05, 3.63) is 28.8 Å². The third-order valence-corrected chi connectivity index (χ3v) is 3.85. The van der Waals surface area contributed by atoms with Crippen molar-refractivity contribution in [3.8, 4) is 5.75 Å². The molecule has 1 aliphatic rings. The molecule has 2 nitrogen and oxygen atoms in total. The first kappa shape index (κ1) is 13.6. The molecule has 2 N–H and O–H groups in total. The summed E-state index contributed by atoms with van der Waals surface area (Å²) in [4.78, 5) is 0.352. The standard InChI is InChI=1S/C14H18ClNOS/c1-9-3-2-4-11(7-9)17-13-8-10(15)5-6-12(13)14(16)18/h5-6,8-9,11H,2-4,7H2,1H3,(H2,16,18). The summed E-state index contributed by atoms with van der Waals surface area (Å²) < 4.78 is 6.05. The van der Waals surface area contributed by atoms with E-state index in [1.807, 2.05) is 6.07 Å². The van der Waals surface area contributed by atoms with Crippen LogP contribution in [0.4, 0.5) is 0 Å². The van der Waals surface area contributed by atoms with Crippen LogP contribution in [-0.4, -0.2) is 11.1 Å². The average molecular weight is 284 g/mol. The number of halogens is 1. The van der Waals surface area contributed by atoms with Gasteiger partial charge >= 0.3 is 0 Å². The lowest BCUT2D eigenvalue weighted by Crippen LogP contribution is -2.25. The van der Waals surface area contributed by atoms with E-state index in [-0.39, 0.29) is 6.10 Å². The molecule has 0 heterocycles. The van der Waals surface area contributed by atoms with Gasteiger partial charge < -0.3 is 10.5 Å². The lowest BCUT2D eigenvalue weighted by molar-refractivity contribution is 0.129. The van der Waals surface area contributed by atoms with Gasteiger partial charge in [-0.1, -0.05) is 37.2 Å². The molecule has 1 saturated carbocycles. The molecule has 2 atom stereocenters. The quantitative estimate of drug-likeness (QED) is 0.854. The first-order valence-corrected chi connectivity index (χ1v) is 7.11. The Hall–Kier alpha value is -0.800. The van der Waals surface area contributed by atoms with E-state index in [1.54, 1.807) is 12.1 Å². The zero-order valence-electron chi connectivity index (χ0n) is 10.5. The van der Waals surface area contributed by atoms with Crippen LogP contribution in [0.1, 0.15) is 38.2 Å². The topological polar surface area (TPSA) is 35.2 Å². The second-order valence-electron chi connectivity index (χ2n) is 5.02. The monoisotopic (exact) mass is 283 g/mol. The Bertz CT molecular complexity index is 449. The van der Waals surface area contributed by atoms with Gasteiger partial charge in [-0.2, -0.15) is 0 Å². The molecule has 0 saturated heterocycles. The molecule has 1 fully saturated rings. The van der Waals surface area contributed by atoms with Crippen molar-refractivity contribution in [2.24, 2.45) is 11.7 Å². The molecule has 0 radical (unpaired) electrons. The predicted octanol–water partition coefficient (Wildman–Crippen LogP) is 3.93. The fourth-order valence-corrected chi connectivity index (χ4v) is 2.79. The van der Waals surface area contributed by atoms with Crippen molar-refractivity contribution in [3.63, 3.8) is 0 Å². The maximum Gasteiger partial charge on any atom is 0.131 e. The Morgan fingerprint density at radius 2 is 2.22 bits per heavy atom. The maximum absolute atomic E-state index is 6.05. The highest BCUT2D eigenvalue weighted by molar-refractivity contribution is 7.80. The molecule has 0 aromatic heterocycles. The highest BCUT2D eigenvalue weighted by Crippen LogP contribution is 2.30. The first-order chi connectivity index (χ1) is 8.56.